The number of Topliss-reactive ketones (excluding diaryl/α,β-unsaturated/α-hetero) is 1. The second-order valence-corrected chi connectivity index (χ2v) is 4.98. The summed E-state index contributed by atoms with van der Waals surface area (Å²) in [5.41, 5.74) is 1.25. The molecule has 1 aromatic heterocycles. The molecule has 0 aliphatic heterocycles. The van der Waals surface area contributed by atoms with Crippen molar-refractivity contribution in [2.45, 2.75) is 12.8 Å². The molecule has 3 heteroatoms. The van der Waals surface area contributed by atoms with Gasteiger partial charge < -0.3 is 0 Å². The summed E-state index contributed by atoms with van der Waals surface area (Å²) in [5.74, 6) is -0.724. The molecule has 0 aliphatic rings. The van der Waals surface area contributed by atoms with E-state index in [0.717, 1.165) is 5.69 Å². The Bertz CT molecular complexity index is 799. The van der Waals surface area contributed by atoms with E-state index in [-0.39, 0.29) is 17.5 Å². The molecule has 21 heavy (non-hydrogen) atoms. The molecule has 0 saturated carbocycles. The van der Waals surface area contributed by atoms with Crippen LogP contribution in [0.5, 0.6) is 0 Å². The van der Waals surface area contributed by atoms with Crippen molar-refractivity contribution < 1.29 is 9.18 Å². The number of fused-ring (bicyclic) bond motifs is 1. The van der Waals surface area contributed by atoms with Gasteiger partial charge in [-0.3, -0.25) is 9.78 Å². The fraction of sp³-hybridized carbons (Fsp3) is 0.111. The van der Waals surface area contributed by atoms with Crippen LogP contribution in [0.4, 0.5) is 4.39 Å². The Morgan fingerprint density at radius 2 is 1.71 bits per heavy atom. The SMILES string of the molecule is CC(C(=O)c1ccc(F)c2ccccc12)c1ccccn1. The summed E-state index contributed by atoms with van der Waals surface area (Å²) >= 11 is 0. The molecule has 0 spiro atoms. The minimum atomic E-state index is -0.361. The van der Waals surface area contributed by atoms with Gasteiger partial charge in [0.1, 0.15) is 5.82 Å². The van der Waals surface area contributed by atoms with Gasteiger partial charge in [-0.1, -0.05) is 30.3 Å². The number of hydrogen-bond acceptors (Lipinski definition) is 2. The molecule has 1 heterocycles. The predicted molar refractivity (Wildman–Crippen MR) is 80.9 cm³/mol. The molecule has 3 rings (SSSR count). The van der Waals surface area contributed by atoms with Gasteiger partial charge in [-0.25, -0.2) is 4.39 Å². The molecule has 104 valence electrons. The van der Waals surface area contributed by atoms with Crippen LogP contribution in [-0.2, 0) is 0 Å². The summed E-state index contributed by atoms with van der Waals surface area (Å²) in [6.07, 6.45) is 1.67. The first-order valence-corrected chi connectivity index (χ1v) is 6.81. The van der Waals surface area contributed by atoms with Crippen LogP contribution in [0.2, 0.25) is 0 Å². The quantitative estimate of drug-likeness (QED) is 0.667. The smallest absolute Gasteiger partial charge is 0.172 e. The van der Waals surface area contributed by atoms with E-state index >= 15 is 0 Å². The van der Waals surface area contributed by atoms with Gasteiger partial charge in [0.05, 0.1) is 11.6 Å². The monoisotopic (exact) mass is 279 g/mol. The average Bonchev–Trinajstić information content (AvgIpc) is 2.55. The zero-order chi connectivity index (χ0) is 14.8. The maximum absolute atomic E-state index is 13.8. The average molecular weight is 279 g/mol. The molecule has 0 bridgehead atoms. The third kappa shape index (κ3) is 2.42. The molecule has 0 N–H and O–H groups in total. The standard InChI is InChI=1S/C18H14FNO/c1-12(17-8-4-5-11-20-17)18(21)15-9-10-16(19)14-7-3-2-6-13(14)15/h2-12H,1H3. The van der Waals surface area contributed by atoms with E-state index in [4.69, 9.17) is 0 Å². The first-order valence-electron chi connectivity index (χ1n) is 6.81. The van der Waals surface area contributed by atoms with Crippen molar-refractivity contribution in [2.24, 2.45) is 0 Å². The molecule has 0 saturated heterocycles. The second kappa shape index (κ2) is 5.44. The Kier molecular flexibility index (Phi) is 3.48. The van der Waals surface area contributed by atoms with E-state index in [0.29, 0.717) is 16.3 Å². The molecule has 0 amide bonds. The molecule has 1 unspecified atom stereocenters. The van der Waals surface area contributed by atoms with Crippen molar-refractivity contribution in [2.75, 3.05) is 0 Å². The molecule has 2 aromatic carbocycles. The van der Waals surface area contributed by atoms with Crippen molar-refractivity contribution >= 4 is 16.6 Å². The summed E-state index contributed by atoms with van der Waals surface area (Å²) < 4.78 is 13.8. The van der Waals surface area contributed by atoms with E-state index in [1.807, 2.05) is 31.2 Å². The number of pyridine rings is 1. The third-order valence-corrected chi connectivity index (χ3v) is 3.66. The lowest BCUT2D eigenvalue weighted by atomic mass is 9.92. The fourth-order valence-corrected chi connectivity index (χ4v) is 2.48. The van der Waals surface area contributed by atoms with Crippen LogP contribution in [0.25, 0.3) is 10.8 Å². The van der Waals surface area contributed by atoms with Gasteiger partial charge in [0.15, 0.2) is 5.78 Å². The molecule has 0 radical (unpaired) electrons. The van der Waals surface area contributed by atoms with Crippen LogP contribution >= 0.6 is 0 Å². The van der Waals surface area contributed by atoms with E-state index in [1.54, 1.807) is 30.5 Å². The number of rotatable bonds is 3. The Morgan fingerprint density at radius 3 is 2.43 bits per heavy atom. The molecule has 0 fully saturated rings. The van der Waals surface area contributed by atoms with E-state index in [9.17, 15) is 9.18 Å². The number of nitrogens with zero attached hydrogens (tertiary/aromatic N) is 1. The van der Waals surface area contributed by atoms with Crippen molar-refractivity contribution in [1.29, 1.82) is 0 Å². The van der Waals surface area contributed by atoms with Gasteiger partial charge in [-0.15, -0.1) is 0 Å². The van der Waals surface area contributed by atoms with Crippen LogP contribution in [0, 0.1) is 5.82 Å². The van der Waals surface area contributed by atoms with Gasteiger partial charge in [-0.05, 0) is 36.6 Å². The van der Waals surface area contributed by atoms with E-state index < -0.39 is 0 Å². The second-order valence-electron chi connectivity index (χ2n) is 4.98. The number of carbonyl (C=O) groups is 1. The van der Waals surface area contributed by atoms with E-state index in [2.05, 4.69) is 4.98 Å². The number of halogens is 1. The molecular weight excluding hydrogens is 265 g/mol. The predicted octanol–water partition coefficient (Wildman–Crippen LogP) is 4.36. The number of aromatic nitrogens is 1. The van der Waals surface area contributed by atoms with Crippen LogP contribution in [0.3, 0.4) is 0 Å². The summed E-state index contributed by atoms with van der Waals surface area (Å²) in [6.45, 7) is 1.82. The van der Waals surface area contributed by atoms with Gasteiger partial charge in [-0.2, -0.15) is 0 Å². The molecule has 1 atom stereocenters. The van der Waals surface area contributed by atoms with Crippen LogP contribution < -0.4 is 0 Å². The fourth-order valence-electron chi connectivity index (χ4n) is 2.48. The lowest BCUT2D eigenvalue weighted by Crippen LogP contribution is -2.11. The highest BCUT2D eigenvalue weighted by Crippen LogP contribution is 2.26. The molecule has 2 nitrogen and oxygen atoms in total. The zero-order valence-electron chi connectivity index (χ0n) is 11.6. The molecule has 0 aliphatic carbocycles. The van der Waals surface area contributed by atoms with Crippen LogP contribution in [0.1, 0.15) is 28.9 Å². The van der Waals surface area contributed by atoms with Crippen molar-refractivity contribution in [3.63, 3.8) is 0 Å². The van der Waals surface area contributed by atoms with Gasteiger partial charge >= 0.3 is 0 Å². The molecular formula is C18H14FNO. The highest BCUT2D eigenvalue weighted by Gasteiger charge is 2.20. The largest absolute Gasteiger partial charge is 0.293 e. The topological polar surface area (TPSA) is 30.0 Å². The minimum Gasteiger partial charge on any atom is -0.293 e. The van der Waals surface area contributed by atoms with Crippen molar-refractivity contribution in [1.82, 2.24) is 4.98 Å². The highest BCUT2D eigenvalue weighted by molar-refractivity contribution is 6.10. The number of ketones is 1. The van der Waals surface area contributed by atoms with Crippen molar-refractivity contribution in [3.8, 4) is 0 Å². The first kappa shape index (κ1) is 13.4. The highest BCUT2D eigenvalue weighted by atomic mass is 19.1. The van der Waals surface area contributed by atoms with Crippen LogP contribution in [0.15, 0.2) is 60.8 Å². The minimum absolute atomic E-state index is 0.0510. The van der Waals surface area contributed by atoms with E-state index in [1.165, 1.54) is 6.07 Å². The lowest BCUT2D eigenvalue weighted by Gasteiger charge is -2.12. The zero-order valence-corrected chi connectivity index (χ0v) is 11.6. The van der Waals surface area contributed by atoms with Gasteiger partial charge in [0, 0.05) is 17.1 Å². The third-order valence-electron chi connectivity index (χ3n) is 3.66. The van der Waals surface area contributed by atoms with Crippen LogP contribution in [-0.4, -0.2) is 10.8 Å². The number of carbonyl (C=O) groups excluding carboxylic acids is 1. The number of hydrogen-bond donors (Lipinski definition) is 0. The summed E-state index contributed by atoms with van der Waals surface area (Å²) in [4.78, 5) is 16.9. The normalized spacial score (nSPS) is 12.3. The Labute approximate surface area is 122 Å². The van der Waals surface area contributed by atoms with Gasteiger partial charge in [0.25, 0.3) is 0 Å². The lowest BCUT2D eigenvalue weighted by molar-refractivity contribution is 0.0966. The summed E-state index contributed by atoms with van der Waals surface area (Å²) in [7, 11) is 0. The molecule has 3 aromatic rings. The first-order chi connectivity index (χ1) is 10.2. The Morgan fingerprint density at radius 1 is 1.00 bits per heavy atom. The Hall–Kier alpha value is -2.55. The van der Waals surface area contributed by atoms with Crippen molar-refractivity contribution in [3.05, 3.63) is 77.9 Å². The maximum Gasteiger partial charge on any atom is 0.172 e. The number of benzene rings is 2. The Balaban J connectivity index is 2.09. The van der Waals surface area contributed by atoms with Gasteiger partial charge in [0.2, 0.25) is 0 Å². The maximum atomic E-state index is 13.8. The summed E-state index contributed by atoms with van der Waals surface area (Å²) in [5, 5.41) is 1.11. The summed E-state index contributed by atoms with van der Waals surface area (Å²) in [6, 6.07) is 15.4.